The van der Waals surface area contributed by atoms with Crippen LogP contribution < -0.4 is 9.64 Å². The molecule has 6 nitrogen and oxygen atoms in total. The molecule has 1 aliphatic rings. The Labute approximate surface area is 187 Å². The summed E-state index contributed by atoms with van der Waals surface area (Å²) in [6.45, 7) is 5.80. The van der Waals surface area contributed by atoms with Crippen molar-refractivity contribution >= 4 is 35.0 Å². The van der Waals surface area contributed by atoms with Gasteiger partial charge in [0, 0.05) is 10.6 Å². The summed E-state index contributed by atoms with van der Waals surface area (Å²) < 4.78 is 5.15. The third-order valence-corrected chi connectivity index (χ3v) is 6.07. The maximum atomic E-state index is 13.4. The van der Waals surface area contributed by atoms with Crippen molar-refractivity contribution in [1.82, 2.24) is 4.90 Å². The fourth-order valence-corrected chi connectivity index (χ4v) is 3.91. The molecule has 0 spiro atoms. The van der Waals surface area contributed by atoms with E-state index >= 15 is 0 Å². The summed E-state index contributed by atoms with van der Waals surface area (Å²) in [7, 11) is 1.55. The molecule has 0 N–H and O–H groups in total. The molecule has 1 heterocycles. The van der Waals surface area contributed by atoms with Gasteiger partial charge in [-0.2, -0.15) is 0 Å². The highest BCUT2D eigenvalue weighted by atomic mass is 35.5. The third-order valence-electron chi connectivity index (χ3n) is 5.82. The van der Waals surface area contributed by atoms with Gasteiger partial charge < -0.3 is 9.64 Å². The number of rotatable bonds is 7. The van der Waals surface area contributed by atoms with E-state index in [-0.39, 0.29) is 30.6 Å². The van der Waals surface area contributed by atoms with Crippen LogP contribution in [0.25, 0.3) is 0 Å². The molecular formula is C24H27ClN2O4. The number of methoxy groups -OCH3 is 1. The van der Waals surface area contributed by atoms with Crippen LogP contribution >= 0.6 is 11.6 Å². The molecule has 0 aromatic heterocycles. The summed E-state index contributed by atoms with van der Waals surface area (Å²) in [5.74, 6) is -0.277. The van der Waals surface area contributed by atoms with Crippen LogP contribution in [-0.4, -0.2) is 41.3 Å². The lowest BCUT2D eigenvalue weighted by Crippen LogP contribution is -2.56. The molecule has 2 aromatic rings. The van der Waals surface area contributed by atoms with Gasteiger partial charge in [-0.05, 0) is 62.2 Å². The predicted molar refractivity (Wildman–Crippen MR) is 120 cm³/mol. The van der Waals surface area contributed by atoms with E-state index < -0.39 is 11.6 Å². The van der Waals surface area contributed by atoms with Crippen molar-refractivity contribution in [3.63, 3.8) is 0 Å². The second kappa shape index (κ2) is 9.10. The highest BCUT2D eigenvalue weighted by molar-refractivity contribution is 6.30. The van der Waals surface area contributed by atoms with E-state index in [0.717, 1.165) is 5.56 Å². The molecular weight excluding hydrogens is 416 g/mol. The molecule has 0 radical (unpaired) electrons. The molecule has 164 valence electrons. The monoisotopic (exact) mass is 442 g/mol. The van der Waals surface area contributed by atoms with Gasteiger partial charge in [0.1, 0.15) is 11.8 Å². The summed E-state index contributed by atoms with van der Waals surface area (Å²) in [5.41, 5.74) is 0.674. The van der Waals surface area contributed by atoms with Crippen LogP contribution in [0.2, 0.25) is 5.02 Å². The normalized spacial score (nSPS) is 16.5. The Morgan fingerprint density at radius 1 is 1.13 bits per heavy atom. The van der Waals surface area contributed by atoms with Crippen molar-refractivity contribution in [2.24, 2.45) is 0 Å². The van der Waals surface area contributed by atoms with Crippen molar-refractivity contribution in [3.05, 3.63) is 59.1 Å². The first kappa shape index (κ1) is 22.8. The Bertz CT molecular complexity index is 970. The van der Waals surface area contributed by atoms with Crippen molar-refractivity contribution in [2.75, 3.05) is 12.0 Å². The number of nitrogens with zero attached hydrogens (tertiary/aromatic N) is 2. The fourth-order valence-electron chi connectivity index (χ4n) is 3.79. The van der Waals surface area contributed by atoms with Gasteiger partial charge in [-0.25, -0.2) is 4.90 Å². The molecule has 3 amide bonds. The average molecular weight is 443 g/mol. The van der Waals surface area contributed by atoms with Gasteiger partial charge in [0.05, 0.1) is 25.6 Å². The van der Waals surface area contributed by atoms with E-state index in [1.807, 2.05) is 20.8 Å². The third kappa shape index (κ3) is 4.74. The molecule has 1 aliphatic heterocycles. The van der Waals surface area contributed by atoms with E-state index in [4.69, 9.17) is 16.3 Å². The lowest BCUT2D eigenvalue weighted by Gasteiger charge is -2.41. The van der Waals surface area contributed by atoms with Gasteiger partial charge in [0.2, 0.25) is 11.8 Å². The van der Waals surface area contributed by atoms with E-state index in [1.165, 1.54) is 4.90 Å². The van der Waals surface area contributed by atoms with Crippen molar-refractivity contribution in [1.29, 1.82) is 0 Å². The molecule has 1 saturated heterocycles. The quantitative estimate of drug-likeness (QED) is 0.601. The number of halogens is 1. The van der Waals surface area contributed by atoms with Crippen molar-refractivity contribution in [2.45, 2.75) is 51.6 Å². The van der Waals surface area contributed by atoms with Crippen LogP contribution in [0.4, 0.5) is 5.69 Å². The number of hydrogen-bond acceptors (Lipinski definition) is 4. The summed E-state index contributed by atoms with van der Waals surface area (Å²) in [5, 5.41) is 0.591. The molecule has 31 heavy (non-hydrogen) atoms. The average Bonchev–Trinajstić information content (AvgIpc) is 3.03. The zero-order valence-electron chi connectivity index (χ0n) is 18.2. The van der Waals surface area contributed by atoms with E-state index in [9.17, 15) is 14.4 Å². The lowest BCUT2D eigenvalue weighted by atomic mass is 9.94. The number of carbonyl (C=O) groups is 3. The van der Waals surface area contributed by atoms with E-state index in [0.29, 0.717) is 22.9 Å². The Balaban J connectivity index is 1.90. The molecule has 7 heteroatoms. The van der Waals surface area contributed by atoms with Gasteiger partial charge in [-0.1, -0.05) is 30.7 Å². The number of ether oxygens (including phenoxy) is 1. The Kier molecular flexibility index (Phi) is 6.70. The number of anilines is 1. The van der Waals surface area contributed by atoms with Crippen LogP contribution in [0.3, 0.4) is 0 Å². The molecule has 3 rings (SSSR count). The predicted octanol–water partition coefficient (Wildman–Crippen LogP) is 4.24. The number of carbonyl (C=O) groups excluding carboxylic acids is 3. The molecule has 1 fully saturated rings. The number of benzene rings is 2. The number of amides is 3. The standard InChI is InChI=1S/C24H27ClN2O4/c1-5-24(2,3)27(22(29)14-16-6-8-17(25)9-7-16)20-15-21(28)26(23(20)30)18-10-12-19(31-4)13-11-18/h6-13,20H,5,14-15H2,1-4H3. The molecule has 2 aromatic carbocycles. The molecule has 0 aliphatic carbocycles. The number of imide groups is 1. The van der Waals surface area contributed by atoms with Crippen molar-refractivity contribution < 1.29 is 19.1 Å². The summed E-state index contributed by atoms with van der Waals surface area (Å²) >= 11 is 5.95. The van der Waals surface area contributed by atoms with Gasteiger partial charge in [-0.3, -0.25) is 14.4 Å². The SMILES string of the molecule is CCC(C)(C)N(C(=O)Cc1ccc(Cl)cc1)C1CC(=O)N(c2ccc(OC)cc2)C1=O. The van der Waals surface area contributed by atoms with Crippen LogP contribution in [0.15, 0.2) is 48.5 Å². The van der Waals surface area contributed by atoms with Crippen molar-refractivity contribution in [3.8, 4) is 5.75 Å². The second-order valence-electron chi connectivity index (χ2n) is 8.22. The summed E-state index contributed by atoms with van der Waals surface area (Å²) in [6, 6.07) is 12.9. The van der Waals surface area contributed by atoms with E-state index in [1.54, 1.807) is 60.5 Å². The van der Waals surface area contributed by atoms with E-state index in [2.05, 4.69) is 0 Å². The smallest absolute Gasteiger partial charge is 0.257 e. The zero-order valence-corrected chi connectivity index (χ0v) is 19.0. The molecule has 0 bridgehead atoms. The first-order valence-electron chi connectivity index (χ1n) is 10.3. The maximum absolute atomic E-state index is 13.4. The fraction of sp³-hybridized carbons (Fsp3) is 0.375. The Morgan fingerprint density at radius 2 is 1.74 bits per heavy atom. The van der Waals surface area contributed by atoms with Gasteiger partial charge in [0.25, 0.3) is 5.91 Å². The topological polar surface area (TPSA) is 66.9 Å². The van der Waals surface area contributed by atoms with Crippen LogP contribution in [0.5, 0.6) is 5.75 Å². The summed E-state index contributed by atoms with van der Waals surface area (Å²) in [6.07, 6.45) is 0.724. The minimum Gasteiger partial charge on any atom is -0.497 e. The largest absolute Gasteiger partial charge is 0.497 e. The highest BCUT2D eigenvalue weighted by Crippen LogP contribution is 2.32. The maximum Gasteiger partial charge on any atom is 0.257 e. The minimum absolute atomic E-state index is 0.0410. The van der Waals surface area contributed by atoms with Crippen LogP contribution in [0.1, 0.15) is 39.2 Å². The minimum atomic E-state index is -0.843. The number of hydrogen-bond donors (Lipinski definition) is 0. The molecule has 1 unspecified atom stereocenters. The molecule has 1 atom stereocenters. The Hall–Kier alpha value is -2.86. The lowest BCUT2D eigenvalue weighted by molar-refractivity contribution is -0.144. The highest BCUT2D eigenvalue weighted by Gasteiger charge is 2.48. The molecule has 0 saturated carbocycles. The first-order chi connectivity index (χ1) is 14.7. The zero-order chi connectivity index (χ0) is 22.8. The second-order valence-corrected chi connectivity index (χ2v) is 8.65. The van der Waals surface area contributed by atoms with Crippen LogP contribution in [0, 0.1) is 0 Å². The van der Waals surface area contributed by atoms with Crippen LogP contribution in [-0.2, 0) is 20.8 Å². The van der Waals surface area contributed by atoms with Gasteiger partial charge >= 0.3 is 0 Å². The first-order valence-corrected chi connectivity index (χ1v) is 10.6. The summed E-state index contributed by atoms with van der Waals surface area (Å²) in [4.78, 5) is 42.3. The van der Waals surface area contributed by atoms with Gasteiger partial charge in [0.15, 0.2) is 0 Å². The Morgan fingerprint density at radius 3 is 2.29 bits per heavy atom. The van der Waals surface area contributed by atoms with Gasteiger partial charge in [-0.15, -0.1) is 0 Å².